The summed E-state index contributed by atoms with van der Waals surface area (Å²) in [5, 5.41) is 12.4. The Bertz CT molecular complexity index is 1070. The Hall–Kier alpha value is -3.55. The third-order valence-corrected chi connectivity index (χ3v) is 3.97. The number of carbonyl (C=O) groups excluding carboxylic acids is 1. The second-order valence-electron chi connectivity index (χ2n) is 6.17. The van der Waals surface area contributed by atoms with E-state index in [1.165, 1.54) is 17.3 Å². The highest BCUT2D eigenvalue weighted by Crippen LogP contribution is 2.20. The lowest BCUT2D eigenvalue weighted by Gasteiger charge is -2.06. The van der Waals surface area contributed by atoms with Gasteiger partial charge in [-0.15, -0.1) is 0 Å². The maximum absolute atomic E-state index is 12.6. The first kappa shape index (κ1) is 15.9. The predicted octanol–water partition coefficient (Wildman–Crippen LogP) is 2.85. The summed E-state index contributed by atoms with van der Waals surface area (Å²) in [5.41, 5.74) is 2.10. The SMILES string of the molecule is CC(C)n1cc2cc(NC(=O)c3ccnc(-n4cncn4)c3)ccc2n1. The van der Waals surface area contributed by atoms with Gasteiger partial charge in [0.25, 0.3) is 5.91 Å². The molecule has 3 heterocycles. The number of aromatic nitrogens is 6. The van der Waals surface area contributed by atoms with Crippen molar-refractivity contribution in [3.05, 3.63) is 60.9 Å². The Morgan fingerprint density at radius 1 is 1.19 bits per heavy atom. The van der Waals surface area contributed by atoms with Crippen LogP contribution in [0.1, 0.15) is 30.2 Å². The fraction of sp³-hybridized carbons (Fsp3) is 0.167. The van der Waals surface area contributed by atoms with E-state index in [0.717, 1.165) is 10.9 Å². The van der Waals surface area contributed by atoms with Crippen LogP contribution >= 0.6 is 0 Å². The molecule has 1 N–H and O–H groups in total. The van der Waals surface area contributed by atoms with E-state index in [1.54, 1.807) is 18.3 Å². The molecule has 0 aliphatic rings. The molecule has 8 nitrogen and oxygen atoms in total. The lowest BCUT2D eigenvalue weighted by atomic mass is 10.2. The second kappa shape index (κ2) is 6.40. The summed E-state index contributed by atoms with van der Waals surface area (Å²) >= 11 is 0. The van der Waals surface area contributed by atoms with E-state index in [1.807, 2.05) is 29.1 Å². The molecule has 26 heavy (non-hydrogen) atoms. The molecule has 3 aromatic heterocycles. The molecule has 4 aromatic rings. The number of hydrogen-bond acceptors (Lipinski definition) is 5. The molecular weight excluding hydrogens is 330 g/mol. The number of nitrogens with one attached hydrogen (secondary N) is 1. The van der Waals surface area contributed by atoms with Crippen molar-refractivity contribution in [1.82, 2.24) is 29.5 Å². The molecule has 1 aromatic carbocycles. The van der Waals surface area contributed by atoms with Crippen molar-refractivity contribution in [2.75, 3.05) is 5.32 Å². The Labute approximate surface area is 149 Å². The van der Waals surface area contributed by atoms with Gasteiger partial charge in [0.05, 0.1) is 5.52 Å². The van der Waals surface area contributed by atoms with E-state index < -0.39 is 0 Å². The van der Waals surface area contributed by atoms with Gasteiger partial charge in [0.1, 0.15) is 12.7 Å². The Morgan fingerprint density at radius 3 is 2.85 bits per heavy atom. The monoisotopic (exact) mass is 347 g/mol. The maximum Gasteiger partial charge on any atom is 0.255 e. The number of carbonyl (C=O) groups is 1. The van der Waals surface area contributed by atoms with Crippen LogP contribution in [0.5, 0.6) is 0 Å². The first-order chi connectivity index (χ1) is 12.6. The van der Waals surface area contributed by atoms with Gasteiger partial charge < -0.3 is 5.32 Å². The van der Waals surface area contributed by atoms with Gasteiger partial charge in [-0.1, -0.05) is 0 Å². The molecule has 0 unspecified atom stereocenters. The van der Waals surface area contributed by atoms with Crippen LogP contribution in [0, 0.1) is 0 Å². The minimum atomic E-state index is -0.218. The topological polar surface area (TPSA) is 90.5 Å². The lowest BCUT2D eigenvalue weighted by molar-refractivity contribution is 0.102. The number of amides is 1. The van der Waals surface area contributed by atoms with Gasteiger partial charge >= 0.3 is 0 Å². The van der Waals surface area contributed by atoms with E-state index in [9.17, 15) is 4.79 Å². The summed E-state index contributed by atoms with van der Waals surface area (Å²) < 4.78 is 3.41. The number of nitrogens with zero attached hydrogens (tertiary/aromatic N) is 6. The third-order valence-electron chi connectivity index (χ3n) is 3.97. The highest BCUT2D eigenvalue weighted by molar-refractivity contribution is 6.05. The van der Waals surface area contributed by atoms with Crippen molar-refractivity contribution < 1.29 is 4.79 Å². The standard InChI is InChI=1S/C18H17N7O/c1-12(2)24-9-14-7-15(3-4-16(14)23-24)22-18(26)13-5-6-20-17(8-13)25-11-19-10-21-25/h3-12H,1-2H3,(H,22,26). The predicted molar refractivity (Wildman–Crippen MR) is 97.2 cm³/mol. The van der Waals surface area contributed by atoms with Crippen molar-refractivity contribution in [2.45, 2.75) is 19.9 Å². The summed E-state index contributed by atoms with van der Waals surface area (Å²) in [7, 11) is 0. The van der Waals surface area contributed by atoms with Gasteiger partial charge in [-0.2, -0.15) is 10.2 Å². The number of fused-ring (bicyclic) bond motifs is 1. The first-order valence-electron chi connectivity index (χ1n) is 8.21. The molecule has 0 atom stereocenters. The number of hydrogen-bond donors (Lipinski definition) is 1. The molecular formula is C18H17N7O. The zero-order valence-electron chi connectivity index (χ0n) is 14.4. The summed E-state index contributed by atoms with van der Waals surface area (Å²) in [6.45, 7) is 4.15. The van der Waals surface area contributed by atoms with Crippen molar-refractivity contribution >= 4 is 22.5 Å². The van der Waals surface area contributed by atoms with Crippen LogP contribution < -0.4 is 5.32 Å². The van der Waals surface area contributed by atoms with Gasteiger partial charge in [0.15, 0.2) is 5.82 Å². The first-order valence-corrected chi connectivity index (χ1v) is 8.21. The zero-order chi connectivity index (χ0) is 18.1. The molecule has 4 rings (SSSR count). The van der Waals surface area contributed by atoms with Gasteiger partial charge in [0.2, 0.25) is 0 Å². The summed E-state index contributed by atoms with van der Waals surface area (Å²) in [5.74, 6) is 0.313. The summed E-state index contributed by atoms with van der Waals surface area (Å²) in [4.78, 5) is 20.7. The van der Waals surface area contributed by atoms with E-state index in [2.05, 4.69) is 39.3 Å². The van der Waals surface area contributed by atoms with Crippen molar-refractivity contribution in [3.63, 3.8) is 0 Å². The third kappa shape index (κ3) is 3.04. The molecule has 8 heteroatoms. The molecule has 0 aliphatic heterocycles. The Kier molecular flexibility index (Phi) is 3.92. The Balaban J connectivity index is 1.58. The largest absolute Gasteiger partial charge is 0.322 e. The van der Waals surface area contributed by atoms with Crippen molar-refractivity contribution in [1.29, 1.82) is 0 Å². The molecule has 0 radical (unpaired) electrons. The number of benzene rings is 1. The molecule has 0 aliphatic carbocycles. The zero-order valence-corrected chi connectivity index (χ0v) is 14.4. The number of anilines is 1. The molecule has 0 fully saturated rings. The highest BCUT2D eigenvalue weighted by Gasteiger charge is 2.10. The molecule has 1 amide bonds. The molecule has 0 bridgehead atoms. The molecule has 130 valence electrons. The van der Waals surface area contributed by atoms with Crippen LogP contribution in [-0.4, -0.2) is 35.4 Å². The smallest absolute Gasteiger partial charge is 0.255 e. The number of rotatable bonds is 4. The van der Waals surface area contributed by atoms with Crippen molar-refractivity contribution in [2.24, 2.45) is 0 Å². The van der Waals surface area contributed by atoms with Gasteiger partial charge in [-0.25, -0.2) is 14.6 Å². The average Bonchev–Trinajstić information content (AvgIpc) is 3.31. The normalized spacial score (nSPS) is 11.2. The molecule has 0 spiro atoms. The molecule has 0 saturated heterocycles. The fourth-order valence-corrected chi connectivity index (χ4v) is 2.60. The van der Waals surface area contributed by atoms with Crippen LogP contribution in [-0.2, 0) is 0 Å². The summed E-state index contributed by atoms with van der Waals surface area (Å²) in [6.07, 6.45) is 6.50. The van der Waals surface area contributed by atoms with Crippen LogP contribution in [0.4, 0.5) is 5.69 Å². The van der Waals surface area contributed by atoms with E-state index in [0.29, 0.717) is 17.1 Å². The minimum absolute atomic E-state index is 0.218. The molecule has 0 saturated carbocycles. The van der Waals surface area contributed by atoms with Crippen LogP contribution in [0.2, 0.25) is 0 Å². The van der Waals surface area contributed by atoms with E-state index in [4.69, 9.17) is 0 Å². The van der Waals surface area contributed by atoms with Crippen LogP contribution in [0.3, 0.4) is 0 Å². The highest BCUT2D eigenvalue weighted by atomic mass is 16.1. The van der Waals surface area contributed by atoms with Crippen LogP contribution in [0.15, 0.2) is 55.4 Å². The van der Waals surface area contributed by atoms with Gasteiger partial charge in [-0.3, -0.25) is 9.48 Å². The van der Waals surface area contributed by atoms with Gasteiger partial charge in [-0.05, 0) is 44.2 Å². The second-order valence-corrected chi connectivity index (χ2v) is 6.17. The summed E-state index contributed by atoms with van der Waals surface area (Å²) in [6, 6.07) is 9.27. The average molecular weight is 347 g/mol. The Morgan fingerprint density at radius 2 is 2.08 bits per heavy atom. The maximum atomic E-state index is 12.6. The van der Waals surface area contributed by atoms with E-state index >= 15 is 0 Å². The minimum Gasteiger partial charge on any atom is -0.322 e. The van der Waals surface area contributed by atoms with Crippen LogP contribution in [0.25, 0.3) is 16.7 Å². The van der Waals surface area contributed by atoms with Gasteiger partial charge in [0, 0.05) is 35.1 Å². The van der Waals surface area contributed by atoms with Crippen molar-refractivity contribution in [3.8, 4) is 5.82 Å². The number of pyridine rings is 1. The fourth-order valence-electron chi connectivity index (χ4n) is 2.60. The van der Waals surface area contributed by atoms with E-state index in [-0.39, 0.29) is 11.9 Å². The quantitative estimate of drug-likeness (QED) is 0.613. The lowest BCUT2D eigenvalue weighted by Crippen LogP contribution is -2.13.